The molecule has 0 aliphatic carbocycles. The van der Waals surface area contributed by atoms with Crippen molar-refractivity contribution in [3.05, 3.63) is 23.8 Å². The van der Waals surface area contributed by atoms with Crippen LogP contribution < -0.4 is 11.1 Å². The maximum absolute atomic E-state index is 9.62. The first-order valence-corrected chi connectivity index (χ1v) is 5.26. The first-order chi connectivity index (χ1) is 7.54. The molecular formula is C12H17N3O. The summed E-state index contributed by atoms with van der Waals surface area (Å²) in [6, 6.07) is 7.18. The number of nitrogens with one attached hydrogen (secondary N) is 1. The topological polar surface area (TPSA) is 82.1 Å². The number of rotatable bonds is 4. The minimum Gasteiger partial charge on any atom is -0.398 e. The highest BCUT2D eigenvalue weighted by Crippen LogP contribution is 2.17. The zero-order valence-electron chi connectivity index (χ0n) is 9.57. The van der Waals surface area contributed by atoms with Crippen molar-refractivity contribution in [2.75, 3.05) is 17.6 Å². The summed E-state index contributed by atoms with van der Waals surface area (Å²) in [5, 5.41) is 21.5. The Morgan fingerprint density at radius 1 is 1.50 bits per heavy atom. The van der Waals surface area contributed by atoms with Crippen LogP contribution in [0.1, 0.15) is 19.4 Å². The lowest BCUT2D eigenvalue weighted by Crippen LogP contribution is -2.24. The predicted molar refractivity (Wildman–Crippen MR) is 64.9 cm³/mol. The van der Waals surface area contributed by atoms with Crippen molar-refractivity contribution < 1.29 is 5.11 Å². The van der Waals surface area contributed by atoms with Crippen LogP contribution in [0.3, 0.4) is 0 Å². The summed E-state index contributed by atoms with van der Waals surface area (Å²) in [5.41, 5.74) is 7.32. The standard InChI is InChI=1S/C12H17N3O/c1-8(2)12(16)7-15-10-3-4-11(14)9(5-10)6-13/h3-5,8,12,15-16H,7,14H2,1-2H3. The Hall–Kier alpha value is -1.73. The molecule has 1 aromatic rings. The number of nitrogen functional groups attached to an aromatic ring is 1. The first kappa shape index (κ1) is 12.3. The number of anilines is 2. The van der Waals surface area contributed by atoms with Gasteiger partial charge in [-0.15, -0.1) is 0 Å². The van der Waals surface area contributed by atoms with Crippen molar-refractivity contribution in [3.63, 3.8) is 0 Å². The van der Waals surface area contributed by atoms with Gasteiger partial charge in [-0.25, -0.2) is 0 Å². The molecule has 0 spiro atoms. The second-order valence-corrected chi connectivity index (χ2v) is 4.11. The number of hydrogen-bond donors (Lipinski definition) is 3. The van der Waals surface area contributed by atoms with E-state index in [0.717, 1.165) is 5.69 Å². The maximum atomic E-state index is 9.62. The van der Waals surface area contributed by atoms with Crippen LogP contribution in [0, 0.1) is 17.2 Å². The van der Waals surface area contributed by atoms with Gasteiger partial charge >= 0.3 is 0 Å². The van der Waals surface area contributed by atoms with Crippen LogP contribution in [0.5, 0.6) is 0 Å². The third kappa shape index (κ3) is 3.14. The Morgan fingerprint density at radius 2 is 2.19 bits per heavy atom. The number of aliphatic hydroxyl groups excluding tert-OH is 1. The molecule has 1 unspecified atom stereocenters. The van der Waals surface area contributed by atoms with Gasteiger partial charge in [0.05, 0.1) is 11.7 Å². The van der Waals surface area contributed by atoms with E-state index < -0.39 is 6.10 Å². The summed E-state index contributed by atoms with van der Waals surface area (Å²) in [5.74, 6) is 0.205. The molecule has 0 radical (unpaired) electrons. The third-order valence-corrected chi connectivity index (χ3v) is 2.46. The number of hydrogen-bond acceptors (Lipinski definition) is 4. The minimum absolute atomic E-state index is 0.205. The fourth-order valence-corrected chi connectivity index (χ4v) is 1.22. The molecule has 16 heavy (non-hydrogen) atoms. The Morgan fingerprint density at radius 3 is 2.75 bits per heavy atom. The molecule has 1 aromatic carbocycles. The van der Waals surface area contributed by atoms with Gasteiger partial charge in [-0.1, -0.05) is 13.8 Å². The number of benzene rings is 1. The summed E-state index contributed by atoms with van der Waals surface area (Å²) in [6.45, 7) is 4.37. The molecule has 4 N–H and O–H groups in total. The molecule has 0 fully saturated rings. The van der Waals surface area contributed by atoms with Crippen molar-refractivity contribution in [2.45, 2.75) is 20.0 Å². The zero-order chi connectivity index (χ0) is 12.1. The van der Waals surface area contributed by atoms with Crippen molar-refractivity contribution >= 4 is 11.4 Å². The van der Waals surface area contributed by atoms with E-state index in [-0.39, 0.29) is 5.92 Å². The molecule has 86 valence electrons. The second-order valence-electron chi connectivity index (χ2n) is 4.11. The maximum Gasteiger partial charge on any atom is 0.101 e. The lowest BCUT2D eigenvalue weighted by Gasteiger charge is -2.16. The van der Waals surface area contributed by atoms with E-state index in [1.54, 1.807) is 18.2 Å². The van der Waals surface area contributed by atoms with Crippen LogP contribution in [-0.2, 0) is 0 Å². The van der Waals surface area contributed by atoms with Gasteiger partial charge < -0.3 is 16.2 Å². The molecule has 4 heteroatoms. The van der Waals surface area contributed by atoms with E-state index in [1.807, 2.05) is 19.9 Å². The van der Waals surface area contributed by atoms with Gasteiger partial charge in [-0.3, -0.25) is 0 Å². The van der Waals surface area contributed by atoms with E-state index >= 15 is 0 Å². The Bertz CT molecular complexity index is 396. The van der Waals surface area contributed by atoms with Gasteiger partial charge in [-0.05, 0) is 24.1 Å². The zero-order valence-corrected chi connectivity index (χ0v) is 9.57. The fourth-order valence-electron chi connectivity index (χ4n) is 1.22. The summed E-state index contributed by atoms with van der Waals surface area (Å²) < 4.78 is 0. The molecule has 0 aliphatic rings. The first-order valence-electron chi connectivity index (χ1n) is 5.26. The smallest absolute Gasteiger partial charge is 0.101 e. The molecule has 0 saturated carbocycles. The molecule has 0 saturated heterocycles. The quantitative estimate of drug-likeness (QED) is 0.671. The van der Waals surface area contributed by atoms with Gasteiger partial charge in [-0.2, -0.15) is 5.26 Å². The average Bonchev–Trinajstić information content (AvgIpc) is 2.27. The molecule has 4 nitrogen and oxygen atoms in total. The van der Waals surface area contributed by atoms with Crippen molar-refractivity contribution in [1.29, 1.82) is 5.26 Å². The highest BCUT2D eigenvalue weighted by Gasteiger charge is 2.08. The summed E-state index contributed by atoms with van der Waals surface area (Å²) in [6.07, 6.45) is -0.400. The average molecular weight is 219 g/mol. The SMILES string of the molecule is CC(C)C(O)CNc1ccc(N)c(C#N)c1. The molecule has 0 bridgehead atoms. The second kappa shape index (κ2) is 5.38. The van der Waals surface area contributed by atoms with Gasteiger partial charge in [0, 0.05) is 17.9 Å². The van der Waals surface area contributed by atoms with Gasteiger partial charge in [0.1, 0.15) is 6.07 Å². The third-order valence-electron chi connectivity index (χ3n) is 2.46. The van der Waals surface area contributed by atoms with Crippen LogP contribution in [0.25, 0.3) is 0 Å². The number of nitrogens with zero attached hydrogens (tertiary/aromatic N) is 1. The lowest BCUT2D eigenvalue weighted by atomic mass is 10.1. The van der Waals surface area contributed by atoms with Crippen molar-refractivity contribution in [3.8, 4) is 6.07 Å². The normalized spacial score (nSPS) is 12.2. The fraction of sp³-hybridized carbons (Fsp3) is 0.417. The van der Waals surface area contributed by atoms with Gasteiger partial charge in [0.25, 0.3) is 0 Å². The molecule has 1 atom stereocenters. The predicted octanol–water partition coefficient (Wildman–Crippen LogP) is 1.57. The van der Waals surface area contributed by atoms with Crippen LogP contribution in [-0.4, -0.2) is 17.8 Å². The molecule has 0 aromatic heterocycles. The van der Waals surface area contributed by atoms with E-state index in [9.17, 15) is 5.11 Å². The minimum atomic E-state index is -0.400. The summed E-state index contributed by atoms with van der Waals surface area (Å²) in [4.78, 5) is 0. The number of nitriles is 1. The van der Waals surface area contributed by atoms with E-state index in [2.05, 4.69) is 5.32 Å². The molecule has 0 heterocycles. The Balaban J connectivity index is 2.65. The number of aliphatic hydroxyl groups is 1. The largest absolute Gasteiger partial charge is 0.398 e. The van der Waals surface area contributed by atoms with Crippen molar-refractivity contribution in [2.24, 2.45) is 5.92 Å². The monoisotopic (exact) mass is 219 g/mol. The Labute approximate surface area is 95.7 Å². The van der Waals surface area contributed by atoms with Crippen LogP contribution in [0.2, 0.25) is 0 Å². The lowest BCUT2D eigenvalue weighted by molar-refractivity contribution is 0.138. The molecule has 0 aliphatic heterocycles. The van der Waals surface area contributed by atoms with Crippen LogP contribution in [0.4, 0.5) is 11.4 Å². The molecule has 1 rings (SSSR count). The van der Waals surface area contributed by atoms with E-state index in [0.29, 0.717) is 17.8 Å². The van der Waals surface area contributed by atoms with Gasteiger partial charge in [0.15, 0.2) is 0 Å². The summed E-state index contributed by atoms with van der Waals surface area (Å²) in [7, 11) is 0. The molecular weight excluding hydrogens is 202 g/mol. The Kier molecular flexibility index (Phi) is 4.15. The van der Waals surface area contributed by atoms with E-state index in [1.165, 1.54) is 0 Å². The molecule has 0 amide bonds. The number of nitrogens with two attached hydrogens (primary N) is 1. The summed E-state index contributed by atoms with van der Waals surface area (Å²) >= 11 is 0. The van der Waals surface area contributed by atoms with Gasteiger partial charge in [0.2, 0.25) is 0 Å². The van der Waals surface area contributed by atoms with E-state index in [4.69, 9.17) is 11.0 Å². The van der Waals surface area contributed by atoms with Crippen molar-refractivity contribution in [1.82, 2.24) is 0 Å². The highest BCUT2D eigenvalue weighted by atomic mass is 16.3. The van der Waals surface area contributed by atoms with Crippen LogP contribution >= 0.6 is 0 Å². The highest BCUT2D eigenvalue weighted by molar-refractivity contribution is 5.61. The van der Waals surface area contributed by atoms with Crippen LogP contribution in [0.15, 0.2) is 18.2 Å².